The number of piperidine rings is 1. The summed E-state index contributed by atoms with van der Waals surface area (Å²) in [6.45, 7) is 2.15. The molecule has 4 rings (SSSR count). The number of carbonyl (C=O) groups is 1. The van der Waals surface area contributed by atoms with E-state index in [0.717, 1.165) is 48.4 Å². The van der Waals surface area contributed by atoms with Crippen molar-refractivity contribution in [1.82, 2.24) is 0 Å². The zero-order valence-electron chi connectivity index (χ0n) is 14.2. The summed E-state index contributed by atoms with van der Waals surface area (Å²) >= 11 is 0. The Labute approximate surface area is 148 Å². The Morgan fingerprint density at radius 1 is 0.960 bits per heavy atom. The quantitative estimate of drug-likeness (QED) is 0.880. The summed E-state index contributed by atoms with van der Waals surface area (Å²) in [7, 11) is 0. The number of nitrogens with one attached hydrogen (secondary N) is 1. The molecule has 0 aliphatic carbocycles. The number of fused-ring (bicyclic) bond motifs is 2. The number of benzene rings is 2. The second kappa shape index (κ2) is 6.82. The molecule has 0 atom stereocenters. The van der Waals surface area contributed by atoms with Gasteiger partial charge in [0.05, 0.1) is 30.6 Å². The van der Waals surface area contributed by atoms with Gasteiger partial charge in [-0.15, -0.1) is 0 Å². The smallest absolute Gasteiger partial charge is 0.286 e. The maximum atomic E-state index is 13.2. The number of likely N-dealkylation sites (tertiary alicyclic amines) is 1. The zero-order chi connectivity index (χ0) is 17.2. The van der Waals surface area contributed by atoms with Crippen molar-refractivity contribution in [3.63, 3.8) is 0 Å². The molecule has 4 heteroatoms. The maximum Gasteiger partial charge on any atom is 0.286 e. The van der Waals surface area contributed by atoms with E-state index in [0.29, 0.717) is 6.54 Å². The van der Waals surface area contributed by atoms with Crippen molar-refractivity contribution in [2.75, 3.05) is 24.5 Å². The first-order valence-electron chi connectivity index (χ1n) is 8.93. The third-order valence-corrected chi connectivity index (χ3v) is 5.11. The molecule has 1 fully saturated rings. The number of anilines is 2. The summed E-state index contributed by atoms with van der Waals surface area (Å²) in [5.41, 5.74) is 3.97. The van der Waals surface area contributed by atoms with Gasteiger partial charge in [0.1, 0.15) is 0 Å². The molecule has 2 N–H and O–H groups in total. The van der Waals surface area contributed by atoms with E-state index in [9.17, 15) is 9.90 Å². The van der Waals surface area contributed by atoms with Gasteiger partial charge in [0.15, 0.2) is 6.54 Å². The van der Waals surface area contributed by atoms with E-state index in [-0.39, 0.29) is 12.0 Å². The number of carbonyl (C=O) groups excluding carboxylic acids is 1. The summed E-state index contributed by atoms with van der Waals surface area (Å²) in [6.07, 6.45) is 5.49. The number of amides is 1. The van der Waals surface area contributed by atoms with Crippen molar-refractivity contribution in [2.24, 2.45) is 0 Å². The maximum absolute atomic E-state index is 13.2. The van der Waals surface area contributed by atoms with Gasteiger partial charge in [-0.1, -0.05) is 48.6 Å². The van der Waals surface area contributed by atoms with Crippen LogP contribution in [0.25, 0.3) is 12.2 Å². The van der Waals surface area contributed by atoms with Crippen LogP contribution in [0.1, 0.15) is 24.0 Å². The van der Waals surface area contributed by atoms with Crippen LogP contribution in [0.3, 0.4) is 0 Å². The number of rotatable bonds is 2. The Hall–Kier alpha value is -2.43. The summed E-state index contributed by atoms with van der Waals surface area (Å²) in [5, 5.41) is 9.69. The van der Waals surface area contributed by atoms with Crippen molar-refractivity contribution in [1.29, 1.82) is 0 Å². The van der Waals surface area contributed by atoms with E-state index in [1.807, 2.05) is 53.4 Å². The number of para-hydroxylation sites is 2. The molecule has 2 aliphatic rings. The van der Waals surface area contributed by atoms with Crippen LogP contribution in [-0.2, 0) is 4.79 Å². The average molecular weight is 335 g/mol. The van der Waals surface area contributed by atoms with Gasteiger partial charge in [-0.2, -0.15) is 0 Å². The number of hydrogen-bond acceptors (Lipinski definition) is 2. The van der Waals surface area contributed by atoms with Crippen LogP contribution < -0.4 is 9.80 Å². The number of aliphatic hydroxyl groups is 1. The molecule has 4 nitrogen and oxygen atoms in total. The molecule has 25 heavy (non-hydrogen) atoms. The zero-order valence-corrected chi connectivity index (χ0v) is 14.2. The Kier molecular flexibility index (Phi) is 4.38. The van der Waals surface area contributed by atoms with Crippen LogP contribution in [0.5, 0.6) is 0 Å². The van der Waals surface area contributed by atoms with Gasteiger partial charge in [0.25, 0.3) is 5.91 Å². The Bertz CT molecular complexity index is 758. The fraction of sp³-hybridized carbons (Fsp3) is 0.286. The molecule has 0 spiro atoms. The highest BCUT2D eigenvalue weighted by Gasteiger charge is 2.28. The highest BCUT2D eigenvalue weighted by atomic mass is 16.3. The standard InChI is InChI=1S/C21H22N2O2/c24-18-11-13-22(14-12-18)15-21(25)23-19-7-3-1-5-16(19)9-10-17-6-2-4-8-20(17)23/h1-10,18,24H,11-15H2/p+1. The largest absolute Gasteiger partial charge is 0.393 e. The van der Waals surface area contributed by atoms with Crippen LogP contribution in [0, 0.1) is 0 Å². The number of nitrogens with zero attached hydrogens (tertiary/aromatic N) is 1. The summed E-state index contributed by atoms with van der Waals surface area (Å²) in [6, 6.07) is 16.1. The highest BCUT2D eigenvalue weighted by Crippen LogP contribution is 2.35. The molecule has 2 aromatic rings. The molecule has 0 unspecified atom stereocenters. The lowest BCUT2D eigenvalue weighted by atomic mass is 10.1. The minimum Gasteiger partial charge on any atom is -0.393 e. The molecule has 0 radical (unpaired) electrons. The fourth-order valence-electron chi connectivity index (χ4n) is 3.72. The predicted molar refractivity (Wildman–Crippen MR) is 99.8 cm³/mol. The van der Waals surface area contributed by atoms with E-state index in [1.165, 1.54) is 4.90 Å². The van der Waals surface area contributed by atoms with Crippen LogP contribution in [0.2, 0.25) is 0 Å². The minimum atomic E-state index is -0.206. The third-order valence-electron chi connectivity index (χ3n) is 5.11. The van der Waals surface area contributed by atoms with Gasteiger partial charge < -0.3 is 10.0 Å². The average Bonchev–Trinajstić information content (AvgIpc) is 2.80. The van der Waals surface area contributed by atoms with Crippen molar-refractivity contribution >= 4 is 29.4 Å². The van der Waals surface area contributed by atoms with Gasteiger partial charge in [0, 0.05) is 12.8 Å². The lowest BCUT2D eigenvalue weighted by molar-refractivity contribution is -0.898. The van der Waals surface area contributed by atoms with E-state index in [2.05, 4.69) is 12.2 Å². The number of quaternary nitrogens is 1. The molecule has 2 aliphatic heterocycles. The van der Waals surface area contributed by atoms with E-state index in [4.69, 9.17) is 0 Å². The first kappa shape index (κ1) is 16.1. The van der Waals surface area contributed by atoms with Crippen LogP contribution in [0.4, 0.5) is 11.4 Å². The first-order chi connectivity index (χ1) is 12.2. The number of hydrogen-bond donors (Lipinski definition) is 2. The summed E-state index contributed by atoms with van der Waals surface area (Å²) in [5.74, 6) is 0.106. The minimum absolute atomic E-state index is 0.106. The molecule has 0 aromatic heterocycles. The van der Waals surface area contributed by atoms with Gasteiger partial charge in [-0.25, -0.2) is 0 Å². The Morgan fingerprint density at radius 2 is 1.48 bits per heavy atom. The molecular formula is C21H23N2O2+. The summed E-state index contributed by atoms with van der Waals surface area (Å²) < 4.78 is 0. The van der Waals surface area contributed by atoms with Gasteiger partial charge in [-0.05, 0) is 23.3 Å². The highest BCUT2D eigenvalue weighted by molar-refractivity contribution is 6.06. The van der Waals surface area contributed by atoms with Gasteiger partial charge in [0.2, 0.25) is 0 Å². The topological polar surface area (TPSA) is 45.0 Å². The third kappa shape index (κ3) is 3.23. The van der Waals surface area contributed by atoms with Crippen molar-refractivity contribution in [3.05, 3.63) is 59.7 Å². The second-order valence-corrected chi connectivity index (χ2v) is 6.84. The van der Waals surface area contributed by atoms with Crippen molar-refractivity contribution in [2.45, 2.75) is 18.9 Å². The molecule has 2 aromatic carbocycles. The van der Waals surface area contributed by atoms with Crippen molar-refractivity contribution in [3.8, 4) is 0 Å². The lowest BCUT2D eigenvalue weighted by Crippen LogP contribution is -3.14. The summed E-state index contributed by atoms with van der Waals surface area (Å²) in [4.78, 5) is 16.4. The Morgan fingerprint density at radius 3 is 2.04 bits per heavy atom. The van der Waals surface area contributed by atoms with Crippen LogP contribution in [0.15, 0.2) is 48.5 Å². The number of aliphatic hydroxyl groups excluding tert-OH is 1. The van der Waals surface area contributed by atoms with Gasteiger partial charge in [-0.3, -0.25) is 9.69 Å². The van der Waals surface area contributed by atoms with Crippen molar-refractivity contribution < 1.29 is 14.8 Å². The molecule has 1 amide bonds. The second-order valence-electron chi connectivity index (χ2n) is 6.84. The van der Waals surface area contributed by atoms with Gasteiger partial charge >= 0.3 is 0 Å². The molecule has 1 saturated heterocycles. The fourth-order valence-corrected chi connectivity index (χ4v) is 3.72. The molecule has 128 valence electrons. The van der Waals surface area contributed by atoms with E-state index < -0.39 is 0 Å². The SMILES string of the molecule is O=C(C[NH+]1CCC(O)CC1)N1c2ccccc2C=Cc2ccccc21. The predicted octanol–water partition coefficient (Wildman–Crippen LogP) is 1.87. The normalized spacial score (nSPS) is 22.0. The molecular weight excluding hydrogens is 312 g/mol. The van der Waals surface area contributed by atoms with Crippen LogP contribution in [-0.4, -0.2) is 36.8 Å². The first-order valence-corrected chi connectivity index (χ1v) is 8.93. The Balaban J connectivity index is 1.68. The van der Waals surface area contributed by atoms with E-state index >= 15 is 0 Å². The lowest BCUT2D eigenvalue weighted by Gasteiger charge is -2.30. The monoisotopic (exact) mass is 335 g/mol. The molecule has 0 saturated carbocycles. The van der Waals surface area contributed by atoms with E-state index in [1.54, 1.807) is 0 Å². The molecule has 2 heterocycles. The van der Waals surface area contributed by atoms with Crippen LogP contribution >= 0.6 is 0 Å². The molecule has 0 bridgehead atoms.